The smallest absolute Gasteiger partial charge is 0.241 e. The lowest BCUT2D eigenvalue weighted by Crippen LogP contribution is -2.14. The van der Waals surface area contributed by atoms with Gasteiger partial charge in [0.2, 0.25) is 10.0 Å². The Morgan fingerprint density at radius 2 is 1.71 bits per heavy atom. The lowest BCUT2D eigenvalue weighted by Gasteiger charge is -2.11. The van der Waals surface area contributed by atoms with E-state index in [-0.39, 0.29) is 22.8 Å². The number of sulfonamides is 1. The van der Waals surface area contributed by atoms with E-state index in [9.17, 15) is 17.2 Å². The predicted octanol–water partition coefficient (Wildman–Crippen LogP) is 2.50. The fourth-order valence-electron chi connectivity index (χ4n) is 1.81. The minimum Gasteiger partial charge on any atom is -0.487 e. The second-order valence-corrected chi connectivity index (χ2v) is 6.09. The van der Waals surface area contributed by atoms with Gasteiger partial charge < -0.3 is 4.74 Å². The van der Waals surface area contributed by atoms with Gasteiger partial charge in [0.15, 0.2) is 0 Å². The minimum absolute atomic E-state index is 0.0350. The fourth-order valence-corrected chi connectivity index (χ4v) is 2.57. The quantitative estimate of drug-likeness (QED) is 0.943. The molecule has 0 unspecified atom stereocenters. The van der Waals surface area contributed by atoms with Crippen LogP contribution in [0.5, 0.6) is 5.75 Å². The molecule has 2 N–H and O–H groups in total. The van der Waals surface area contributed by atoms with Crippen LogP contribution < -0.4 is 9.88 Å². The molecule has 2 aromatic carbocycles. The zero-order chi connectivity index (χ0) is 15.6. The Balaban J connectivity index is 2.28. The van der Waals surface area contributed by atoms with Crippen LogP contribution in [-0.4, -0.2) is 8.42 Å². The number of halogens is 2. The van der Waals surface area contributed by atoms with Crippen molar-refractivity contribution in [3.63, 3.8) is 0 Å². The first-order valence-electron chi connectivity index (χ1n) is 5.97. The normalized spacial score (nSPS) is 11.4. The summed E-state index contributed by atoms with van der Waals surface area (Å²) in [7, 11) is -3.95. The Hall–Kier alpha value is -1.99. The van der Waals surface area contributed by atoms with Crippen LogP contribution in [0.4, 0.5) is 8.78 Å². The molecule has 0 fully saturated rings. The van der Waals surface area contributed by atoms with E-state index < -0.39 is 21.7 Å². The van der Waals surface area contributed by atoms with Gasteiger partial charge in [-0.25, -0.2) is 22.3 Å². The number of benzene rings is 2. The van der Waals surface area contributed by atoms with Crippen LogP contribution in [-0.2, 0) is 16.6 Å². The molecular formula is C14H13F2NO3S. The van der Waals surface area contributed by atoms with Gasteiger partial charge in [-0.1, -0.05) is 6.07 Å². The van der Waals surface area contributed by atoms with Crippen LogP contribution in [0, 0.1) is 18.6 Å². The number of hydrogen-bond acceptors (Lipinski definition) is 3. The van der Waals surface area contributed by atoms with E-state index in [1.165, 1.54) is 12.1 Å². The van der Waals surface area contributed by atoms with E-state index >= 15 is 0 Å². The molecule has 2 aromatic rings. The topological polar surface area (TPSA) is 69.4 Å². The first kappa shape index (κ1) is 15.4. The third kappa shape index (κ3) is 3.99. The molecule has 0 heterocycles. The van der Waals surface area contributed by atoms with Crippen LogP contribution in [0.15, 0.2) is 41.3 Å². The third-order valence-electron chi connectivity index (χ3n) is 2.72. The van der Waals surface area contributed by atoms with E-state index in [2.05, 4.69) is 0 Å². The number of ether oxygens (including phenoxy) is 1. The van der Waals surface area contributed by atoms with E-state index in [4.69, 9.17) is 9.88 Å². The van der Waals surface area contributed by atoms with E-state index in [0.29, 0.717) is 5.56 Å². The van der Waals surface area contributed by atoms with Crippen molar-refractivity contribution in [1.82, 2.24) is 0 Å². The second kappa shape index (κ2) is 5.79. The summed E-state index contributed by atoms with van der Waals surface area (Å²) in [6.07, 6.45) is 0. The van der Waals surface area contributed by atoms with Crippen LogP contribution in [0.1, 0.15) is 11.1 Å². The van der Waals surface area contributed by atoms with Crippen LogP contribution in [0.2, 0.25) is 0 Å². The fraction of sp³-hybridized carbons (Fsp3) is 0.143. The molecule has 0 aliphatic carbocycles. The Labute approximate surface area is 121 Å². The molecule has 0 atom stereocenters. The first-order valence-corrected chi connectivity index (χ1v) is 7.51. The maximum absolute atomic E-state index is 13.1. The molecular weight excluding hydrogens is 300 g/mol. The maximum atomic E-state index is 13.1. The molecule has 0 saturated carbocycles. The standard InChI is InChI=1S/C14H13F2NO3S/c1-9-2-3-13(14(4-9)21(17,18)19)20-8-10-5-11(15)7-12(16)6-10/h2-7H,8H2,1H3,(H2,17,18,19). The molecule has 0 amide bonds. The number of hydrogen-bond donors (Lipinski definition) is 1. The molecule has 0 aromatic heterocycles. The van der Waals surface area contributed by atoms with Crippen molar-refractivity contribution in [1.29, 1.82) is 0 Å². The summed E-state index contributed by atoms with van der Waals surface area (Å²) in [5.74, 6) is -1.43. The second-order valence-electron chi connectivity index (χ2n) is 4.56. The van der Waals surface area contributed by atoms with Crippen molar-refractivity contribution in [3.05, 3.63) is 59.2 Å². The lowest BCUT2D eigenvalue weighted by molar-refractivity contribution is 0.296. The third-order valence-corrected chi connectivity index (χ3v) is 3.65. The van der Waals surface area contributed by atoms with Gasteiger partial charge in [0.25, 0.3) is 0 Å². The molecule has 2 rings (SSSR count). The molecule has 112 valence electrons. The largest absolute Gasteiger partial charge is 0.487 e. The Bertz CT molecular complexity index is 756. The van der Waals surface area contributed by atoms with Gasteiger partial charge in [0.05, 0.1) is 0 Å². The molecule has 0 aliphatic heterocycles. The van der Waals surface area contributed by atoms with Crippen molar-refractivity contribution in [2.24, 2.45) is 5.14 Å². The molecule has 0 aliphatic rings. The highest BCUT2D eigenvalue weighted by Crippen LogP contribution is 2.25. The highest BCUT2D eigenvalue weighted by atomic mass is 32.2. The summed E-state index contributed by atoms with van der Waals surface area (Å²) in [6, 6.07) is 7.42. The summed E-state index contributed by atoms with van der Waals surface area (Å²) >= 11 is 0. The van der Waals surface area contributed by atoms with Crippen molar-refractivity contribution in [3.8, 4) is 5.75 Å². The van der Waals surface area contributed by atoms with Crippen molar-refractivity contribution >= 4 is 10.0 Å². The Morgan fingerprint density at radius 1 is 1.10 bits per heavy atom. The minimum atomic E-state index is -3.95. The van der Waals surface area contributed by atoms with Crippen LogP contribution in [0.3, 0.4) is 0 Å². The van der Waals surface area contributed by atoms with Gasteiger partial charge in [-0.3, -0.25) is 0 Å². The van der Waals surface area contributed by atoms with Gasteiger partial charge in [-0.2, -0.15) is 0 Å². The van der Waals surface area contributed by atoms with E-state index in [1.54, 1.807) is 13.0 Å². The summed E-state index contributed by atoms with van der Waals surface area (Å²) < 4.78 is 54.5. The van der Waals surface area contributed by atoms with Crippen molar-refractivity contribution < 1.29 is 21.9 Å². The van der Waals surface area contributed by atoms with Crippen LogP contribution in [0.25, 0.3) is 0 Å². The molecule has 4 nitrogen and oxygen atoms in total. The molecule has 7 heteroatoms. The van der Waals surface area contributed by atoms with Crippen molar-refractivity contribution in [2.45, 2.75) is 18.4 Å². The molecule has 0 spiro atoms. The molecule has 21 heavy (non-hydrogen) atoms. The Morgan fingerprint density at radius 3 is 2.29 bits per heavy atom. The zero-order valence-corrected chi connectivity index (χ0v) is 12.0. The van der Waals surface area contributed by atoms with E-state index in [1.807, 2.05) is 0 Å². The van der Waals surface area contributed by atoms with Crippen LogP contribution >= 0.6 is 0 Å². The first-order chi connectivity index (χ1) is 9.75. The average Bonchev–Trinajstić information content (AvgIpc) is 2.35. The monoisotopic (exact) mass is 313 g/mol. The molecule has 0 bridgehead atoms. The molecule has 0 radical (unpaired) electrons. The van der Waals surface area contributed by atoms with Crippen molar-refractivity contribution in [2.75, 3.05) is 0 Å². The summed E-state index contributed by atoms with van der Waals surface area (Å²) in [5, 5.41) is 5.12. The van der Waals surface area contributed by atoms with Gasteiger partial charge in [-0.05, 0) is 42.3 Å². The van der Waals surface area contributed by atoms with Gasteiger partial charge in [0, 0.05) is 6.07 Å². The summed E-state index contributed by atoms with van der Waals surface area (Å²) in [4.78, 5) is -0.167. The van der Waals surface area contributed by atoms with Gasteiger partial charge in [0.1, 0.15) is 28.9 Å². The predicted molar refractivity (Wildman–Crippen MR) is 73.2 cm³/mol. The number of aryl methyl sites for hydroxylation is 1. The molecule has 0 saturated heterocycles. The SMILES string of the molecule is Cc1ccc(OCc2cc(F)cc(F)c2)c(S(N)(=O)=O)c1. The van der Waals surface area contributed by atoms with Gasteiger partial charge >= 0.3 is 0 Å². The summed E-state index contributed by atoms with van der Waals surface area (Å²) in [6.45, 7) is 1.53. The Kier molecular flexibility index (Phi) is 4.24. The highest BCUT2D eigenvalue weighted by molar-refractivity contribution is 7.89. The number of primary sulfonamides is 1. The summed E-state index contributed by atoms with van der Waals surface area (Å²) in [5.41, 5.74) is 0.941. The number of rotatable bonds is 4. The number of nitrogens with two attached hydrogens (primary N) is 1. The average molecular weight is 313 g/mol. The van der Waals surface area contributed by atoms with Gasteiger partial charge in [-0.15, -0.1) is 0 Å². The maximum Gasteiger partial charge on any atom is 0.241 e. The highest BCUT2D eigenvalue weighted by Gasteiger charge is 2.15. The van der Waals surface area contributed by atoms with E-state index in [0.717, 1.165) is 18.2 Å². The lowest BCUT2D eigenvalue weighted by atomic mass is 10.2. The zero-order valence-electron chi connectivity index (χ0n) is 11.1.